The van der Waals surface area contributed by atoms with Crippen molar-refractivity contribution in [2.75, 3.05) is 0 Å². The van der Waals surface area contributed by atoms with Gasteiger partial charge in [-0.05, 0) is 72.2 Å². The average Bonchev–Trinajstić information content (AvgIpc) is 2.64. The highest BCUT2D eigenvalue weighted by Gasteiger charge is 2.11. The number of aryl methyl sites for hydroxylation is 2. The van der Waals surface area contributed by atoms with Crippen molar-refractivity contribution in [2.45, 2.75) is 78.1 Å². The quantitative estimate of drug-likeness (QED) is 0.282. The van der Waals surface area contributed by atoms with E-state index in [4.69, 9.17) is 0 Å². The molecule has 0 unspecified atom stereocenters. The topological polar surface area (TPSA) is 0 Å². The van der Waals surface area contributed by atoms with E-state index in [0.717, 1.165) is 4.47 Å². The van der Waals surface area contributed by atoms with Gasteiger partial charge in [-0.3, -0.25) is 0 Å². The summed E-state index contributed by atoms with van der Waals surface area (Å²) in [5.41, 5.74) is 5.69. The molecule has 2 heteroatoms. The molecule has 0 aliphatic heterocycles. The molecule has 0 aliphatic carbocycles. The smallest absolute Gasteiger partial charge is 0.0210 e. The maximum Gasteiger partial charge on any atom is 0.0210 e. The van der Waals surface area contributed by atoms with Crippen LogP contribution in [-0.4, -0.2) is 0 Å². The molecule has 0 radical (unpaired) electrons. The van der Waals surface area contributed by atoms with E-state index in [0.29, 0.717) is 0 Å². The van der Waals surface area contributed by atoms with Crippen molar-refractivity contribution < 1.29 is 0 Å². The molecule has 0 bridgehead atoms. The van der Waals surface area contributed by atoms with Gasteiger partial charge in [0, 0.05) is 8.95 Å². The van der Waals surface area contributed by atoms with E-state index in [9.17, 15) is 0 Å². The van der Waals surface area contributed by atoms with Crippen molar-refractivity contribution >= 4 is 31.9 Å². The predicted molar refractivity (Wildman–Crippen MR) is 123 cm³/mol. The fraction of sp³-hybridized carbons (Fsp3) is 0.500. The highest BCUT2D eigenvalue weighted by molar-refractivity contribution is 9.10. The Kier molecular flexibility index (Phi) is 9.99. The van der Waals surface area contributed by atoms with Crippen LogP contribution in [0.15, 0.2) is 45.3 Å². The number of hydrogen-bond acceptors (Lipinski definition) is 0. The summed E-state index contributed by atoms with van der Waals surface area (Å²) in [6.07, 6.45) is 12.8. The third-order valence-corrected chi connectivity index (χ3v) is 6.29. The lowest BCUT2D eigenvalue weighted by Crippen LogP contribution is -1.96. The van der Waals surface area contributed by atoms with Gasteiger partial charge in [0.2, 0.25) is 0 Å². The van der Waals surface area contributed by atoms with E-state index >= 15 is 0 Å². The normalized spacial score (nSPS) is 11.1. The fourth-order valence-corrected chi connectivity index (χ4v) is 4.29. The van der Waals surface area contributed by atoms with E-state index in [1.54, 1.807) is 0 Å². The van der Waals surface area contributed by atoms with Gasteiger partial charge in [0.1, 0.15) is 0 Å². The second-order valence-electron chi connectivity index (χ2n) is 7.23. The molecule has 0 spiro atoms. The Morgan fingerprint density at radius 2 is 1.23 bits per heavy atom. The van der Waals surface area contributed by atoms with Crippen LogP contribution < -0.4 is 0 Å². The molecule has 0 aromatic heterocycles. The van der Waals surface area contributed by atoms with Crippen LogP contribution in [0.1, 0.15) is 76.3 Å². The molecular formula is C24H32Br2. The fourth-order valence-electron chi connectivity index (χ4n) is 3.44. The van der Waals surface area contributed by atoms with Crippen molar-refractivity contribution in [3.8, 4) is 11.1 Å². The Morgan fingerprint density at radius 1 is 0.654 bits per heavy atom. The van der Waals surface area contributed by atoms with Gasteiger partial charge in [0.05, 0.1) is 0 Å². The SMILES string of the molecule is CCCCCCc1cc(-c2ccc(Br)cc2)c(CCCCCC)cc1Br. The van der Waals surface area contributed by atoms with Crippen LogP contribution in [0, 0.1) is 0 Å². The summed E-state index contributed by atoms with van der Waals surface area (Å²) in [7, 11) is 0. The summed E-state index contributed by atoms with van der Waals surface area (Å²) in [6.45, 7) is 4.55. The predicted octanol–water partition coefficient (Wildman–Crippen LogP) is 9.12. The molecule has 0 saturated carbocycles. The molecule has 0 nitrogen and oxygen atoms in total. The molecule has 0 saturated heterocycles. The Hall–Kier alpha value is -0.600. The molecule has 0 heterocycles. The van der Waals surface area contributed by atoms with Crippen molar-refractivity contribution in [1.82, 2.24) is 0 Å². The van der Waals surface area contributed by atoms with Gasteiger partial charge in [0.15, 0.2) is 0 Å². The first-order chi connectivity index (χ1) is 12.7. The summed E-state index contributed by atoms with van der Waals surface area (Å²) < 4.78 is 2.43. The number of halogens is 2. The van der Waals surface area contributed by atoms with Crippen LogP contribution in [0.2, 0.25) is 0 Å². The standard InChI is InChI=1S/C24H32Br2/c1-3-5-7-9-11-20-18-24(26)21(12-10-8-6-4-2)17-23(20)19-13-15-22(25)16-14-19/h13-18H,3-12H2,1-2H3. The number of rotatable bonds is 11. The number of benzene rings is 2. The molecule has 2 rings (SSSR count). The van der Waals surface area contributed by atoms with Gasteiger partial charge >= 0.3 is 0 Å². The zero-order valence-corrected chi connectivity index (χ0v) is 19.5. The van der Waals surface area contributed by atoms with Crippen molar-refractivity contribution in [3.63, 3.8) is 0 Å². The lowest BCUT2D eigenvalue weighted by Gasteiger charge is -2.15. The highest BCUT2D eigenvalue weighted by atomic mass is 79.9. The summed E-state index contributed by atoms with van der Waals surface area (Å²) >= 11 is 7.41. The summed E-state index contributed by atoms with van der Waals surface area (Å²) in [5, 5.41) is 0. The molecule has 0 N–H and O–H groups in total. The van der Waals surface area contributed by atoms with E-state index in [1.807, 2.05) is 0 Å². The Balaban J connectivity index is 2.24. The molecule has 0 fully saturated rings. The number of hydrogen-bond donors (Lipinski definition) is 0. The largest absolute Gasteiger partial charge is 0.0654 e. The first kappa shape index (κ1) is 21.7. The van der Waals surface area contributed by atoms with E-state index < -0.39 is 0 Å². The molecule has 26 heavy (non-hydrogen) atoms. The van der Waals surface area contributed by atoms with Gasteiger partial charge in [0.25, 0.3) is 0 Å². The average molecular weight is 480 g/mol. The van der Waals surface area contributed by atoms with Crippen molar-refractivity contribution in [2.24, 2.45) is 0 Å². The van der Waals surface area contributed by atoms with Crippen LogP contribution in [0.5, 0.6) is 0 Å². The van der Waals surface area contributed by atoms with Crippen LogP contribution in [0.25, 0.3) is 11.1 Å². The molecule has 0 aliphatic rings. The van der Waals surface area contributed by atoms with E-state index in [2.05, 4.69) is 82.1 Å². The van der Waals surface area contributed by atoms with Gasteiger partial charge in [-0.15, -0.1) is 0 Å². The van der Waals surface area contributed by atoms with Crippen LogP contribution in [0.4, 0.5) is 0 Å². The molecule has 0 amide bonds. The van der Waals surface area contributed by atoms with Crippen LogP contribution in [-0.2, 0) is 12.8 Å². The lowest BCUT2D eigenvalue weighted by atomic mass is 9.92. The summed E-state index contributed by atoms with van der Waals surface area (Å²) in [4.78, 5) is 0. The molecule has 0 atom stereocenters. The Bertz CT molecular complexity index is 659. The molecule has 2 aromatic carbocycles. The maximum atomic E-state index is 3.85. The van der Waals surface area contributed by atoms with Crippen LogP contribution >= 0.6 is 31.9 Å². The maximum absolute atomic E-state index is 3.85. The molecule has 2 aromatic rings. The summed E-state index contributed by atoms with van der Waals surface area (Å²) in [5.74, 6) is 0. The number of unbranched alkanes of at least 4 members (excludes halogenated alkanes) is 6. The molecule has 142 valence electrons. The van der Waals surface area contributed by atoms with E-state index in [1.165, 1.54) is 90.9 Å². The lowest BCUT2D eigenvalue weighted by molar-refractivity contribution is 0.663. The van der Waals surface area contributed by atoms with Crippen molar-refractivity contribution in [3.05, 3.63) is 56.5 Å². The monoisotopic (exact) mass is 478 g/mol. The third-order valence-electron chi connectivity index (χ3n) is 5.03. The Morgan fingerprint density at radius 3 is 1.81 bits per heavy atom. The van der Waals surface area contributed by atoms with Crippen molar-refractivity contribution in [1.29, 1.82) is 0 Å². The van der Waals surface area contributed by atoms with Gasteiger partial charge in [-0.2, -0.15) is 0 Å². The second kappa shape index (κ2) is 12.0. The first-order valence-electron chi connectivity index (χ1n) is 10.2. The Labute approximate surface area is 177 Å². The molecular weight excluding hydrogens is 448 g/mol. The summed E-state index contributed by atoms with van der Waals surface area (Å²) in [6, 6.07) is 13.6. The first-order valence-corrected chi connectivity index (χ1v) is 11.8. The van der Waals surface area contributed by atoms with Gasteiger partial charge in [-0.25, -0.2) is 0 Å². The minimum absolute atomic E-state index is 1.14. The highest BCUT2D eigenvalue weighted by Crippen LogP contribution is 2.32. The van der Waals surface area contributed by atoms with E-state index in [-0.39, 0.29) is 0 Å². The second-order valence-corrected chi connectivity index (χ2v) is 9.00. The minimum atomic E-state index is 1.14. The van der Waals surface area contributed by atoms with Gasteiger partial charge in [-0.1, -0.05) is 96.4 Å². The van der Waals surface area contributed by atoms with Gasteiger partial charge < -0.3 is 0 Å². The minimum Gasteiger partial charge on any atom is -0.0654 e. The van der Waals surface area contributed by atoms with Crippen LogP contribution in [0.3, 0.4) is 0 Å². The zero-order chi connectivity index (χ0) is 18.8. The third kappa shape index (κ3) is 6.85. The zero-order valence-electron chi connectivity index (χ0n) is 16.3.